The maximum Gasteiger partial charge on any atom is 0.417 e. The lowest BCUT2D eigenvalue weighted by Crippen LogP contribution is -2.09. The van der Waals surface area contributed by atoms with Gasteiger partial charge in [0.2, 0.25) is 0 Å². The van der Waals surface area contributed by atoms with Gasteiger partial charge in [-0.15, -0.1) is 0 Å². The SMILES string of the molecule is N#Cc1ccc(NC2=CC(=O)CC2)cc1C(F)(F)F. The number of nitrogens with zero attached hydrogens (tertiary/aromatic N) is 1. The summed E-state index contributed by atoms with van der Waals surface area (Å²) >= 11 is 0. The Morgan fingerprint density at radius 3 is 2.53 bits per heavy atom. The second-order valence-corrected chi connectivity index (χ2v) is 4.13. The number of hydrogen-bond donors (Lipinski definition) is 1. The predicted molar refractivity (Wildman–Crippen MR) is 62.1 cm³/mol. The Morgan fingerprint density at radius 2 is 2.00 bits per heavy atom. The van der Waals surface area contributed by atoms with Crippen molar-refractivity contribution in [3.05, 3.63) is 41.1 Å². The van der Waals surface area contributed by atoms with Crippen LogP contribution in [0.3, 0.4) is 0 Å². The topological polar surface area (TPSA) is 52.9 Å². The van der Waals surface area contributed by atoms with Crippen molar-refractivity contribution >= 4 is 11.5 Å². The number of benzene rings is 1. The molecule has 0 fully saturated rings. The minimum absolute atomic E-state index is 0.0489. The van der Waals surface area contributed by atoms with Crippen LogP contribution in [0.25, 0.3) is 0 Å². The number of rotatable bonds is 2. The highest BCUT2D eigenvalue weighted by molar-refractivity contribution is 5.93. The van der Waals surface area contributed by atoms with Crippen molar-refractivity contribution in [2.75, 3.05) is 5.32 Å². The van der Waals surface area contributed by atoms with Gasteiger partial charge in [0.15, 0.2) is 5.78 Å². The normalized spacial score (nSPS) is 15.1. The van der Waals surface area contributed by atoms with E-state index in [-0.39, 0.29) is 11.5 Å². The number of halogens is 3. The average molecular weight is 266 g/mol. The first-order chi connectivity index (χ1) is 8.90. The Morgan fingerprint density at radius 1 is 1.26 bits per heavy atom. The first kappa shape index (κ1) is 13.1. The molecular weight excluding hydrogens is 257 g/mol. The highest BCUT2D eigenvalue weighted by Gasteiger charge is 2.33. The number of nitriles is 1. The Balaban J connectivity index is 2.31. The molecule has 98 valence electrons. The zero-order valence-corrected chi connectivity index (χ0v) is 9.71. The lowest BCUT2D eigenvalue weighted by Gasteiger charge is -2.12. The number of ketones is 1. The van der Waals surface area contributed by atoms with Gasteiger partial charge in [-0.2, -0.15) is 18.4 Å². The van der Waals surface area contributed by atoms with Crippen LogP contribution in [0, 0.1) is 11.3 Å². The molecule has 0 bridgehead atoms. The van der Waals surface area contributed by atoms with E-state index < -0.39 is 17.3 Å². The van der Waals surface area contributed by atoms with Crippen LogP contribution in [0.4, 0.5) is 18.9 Å². The van der Waals surface area contributed by atoms with Crippen LogP contribution in [-0.2, 0) is 11.0 Å². The second-order valence-electron chi connectivity index (χ2n) is 4.13. The first-order valence-corrected chi connectivity index (χ1v) is 5.52. The molecule has 3 nitrogen and oxygen atoms in total. The Hall–Kier alpha value is -2.29. The van der Waals surface area contributed by atoms with Gasteiger partial charge in [0.1, 0.15) is 0 Å². The van der Waals surface area contributed by atoms with Gasteiger partial charge in [-0.3, -0.25) is 4.79 Å². The highest BCUT2D eigenvalue weighted by atomic mass is 19.4. The molecule has 0 unspecified atom stereocenters. The number of hydrogen-bond acceptors (Lipinski definition) is 3. The summed E-state index contributed by atoms with van der Waals surface area (Å²) in [5.74, 6) is -0.0489. The summed E-state index contributed by atoms with van der Waals surface area (Å²) in [6, 6.07) is 4.89. The Bertz CT molecular complexity index is 597. The molecule has 1 aliphatic rings. The molecule has 6 heteroatoms. The highest BCUT2D eigenvalue weighted by Crippen LogP contribution is 2.34. The fourth-order valence-corrected chi connectivity index (χ4v) is 1.83. The lowest BCUT2D eigenvalue weighted by atomic mass is 10.1. The van der Waals surface area contributed by atoms with E-state index in [4.69, 9.17) is 5.26 Å². The molecule has 0 aliphatic heterocycles. The molecule has 0 saturated carbocycles. The van der Waals surface area contributed by atoms with Gasteiger partial charge in [0.25, 0.3) is 0 Å². The fraction of sp³-hybridized carbons (Fsp3) is 0.231. The predicted octanol–water partition coefficient (Wildman–Crippen LogP) is 3.24. The molecule has 0 saturated heterocycles. The molecule has 0 atom stereocenters. The third kappa shape index (κ3) is 2.94. The van der Waals surface area contributed by atoms with Gasteiger partial charge in [-0.25, -0.2) is 0 Å². The van der Waals surface area contributed by atoms with E-state index in [0.29, 0.717) is 18.5 Å². The third-order valence-corrected chi connectivity index (χ3v) is 2.73. The first-order valence-electron chi connectivity index (χ1n) is 5.52. The molecule has 0 spiro atoms. The van der Waals surface area contributed by atoms with E-state index in [9.17, 15) is 18.0 Å². The maximum atomic E-state index is 12.7. The van der Waals surface area contributed by atoms with E-state index >= 15 is 0 Å². The summed E-state index contributed by atoms with van der Waals surface area (Å²) in [6.45, 7) is 0. The molecule has 0 aromatic heterocycles. The van der Waals surface area contributed by atoms with Crippen molar-refractivity contribution in [1.29, 1.82) is 5.26 Å². The van der Waals surface area contributed by atoms with Crippen LogP contribution in [0.2, 0.25) is 0 Å². The number of nitrogens with one attached hydrogen (secondary N) is 1. The van der Waals surface area contributed by atoms with Crippen molar-refractivity contribution in [2.24, 2.45) is 0 Å². The summed E-state index contributed by atoms with van der Waals surface area (Å²) in [4.78, 5) is 11.0. The maximum absolute atomic E-state index is 12.7. The zero-order valence-electron chi connectivity index (χ0n) is 9.71. The lowest BCUT2D eigenvalue weighted by molar-refractivity contribution is -0.137. The molecule has 1 aliphatic carbocycles. The Labute approximate surface area is 107 Å². The standard InChI is InChI=1S/C13H9F3N2O/c14-13(15,16)12-6-10(2-1-8(12)7-17)18-9-3-4-11(19)5-9/h1-2,5-6,18H,3-4H2. The Kier molecular flexibility index (Phi) is 3.30. The van der Waals surface area contributed by atoms with Gasteiger partial charge in [-0.1, -0.05) is 0 Å². The van der Waals surface area contributed by atoms with E-state index in [1.54, 1.807) is 0 Å². The van der Waals surface area contributed by atoms with Crippen molar-refractivity contribution < 1.29 is 18.0 Å². The van der Waals surface area contributed by atoms with Gasteiger partial charge in [-0.05, 0) is 24.6 Å². The number of carbonyl (C=O) groups is 1. The molecule has 19 heavy (non-hydrogen) atoms. The van der Waals surface area contributed by atoms with Gasteiger partial charge in [0.05, 0.1) is 17.2 Å². The van der Waals surface area contributed by atoms with Crippen LogP contribution in [0.15, 0.2) is 30.0 Å². The summed E-state index contributed by atoms with van der Waals surface area (Å²) in [7, 11) is 0. The molecule has 0 radical (unpaired) electrons. The fourth-order valence-electron chi connectivity index (χ4n) is 1.83. The third-order valence-electron chi connectivity index (χ3n) is 2.73. The van der Waals surface area contributed by atoms with Gasteiger partial charge < -0.3 is 5.32 Å². The van der Waals surface area contributed by atoms with Crippen LogP contribution in [0.1, 0.15) is 24.0 Å². The monoisotopic (exact) mass is 266 g/mol. The van der Waals surface area contributed by atoms with Crippen molar-refractivity contribution in [2.45, 2.75) is 19.0 Å². The van der Waals surface area contributed by atoms with E-state index in [1.165, 1.54) is 18.2 Å². The molecule has 0 heterocycles. The number of carbonyl (C=O) groups excluding carboxylic acids is 1. The summed E-state index contributed by atoms with van der Waals surface area (Å²) in [5, 5.41) is 11.4. The van der Waals surface area contributed by atoms with E-state index in [0.717, 1.165) is 12.1 Å². The van der Waals surface area contributed by atoms with Crippen molar-refractivity contribution in [3.8, 4) is 6.07 Å². The van der Waals surface area contributed by atoms with E-state index in [1.807, 2.05) is 0 Å². The molecule has 1 N–H and O–H groups in total. The largest absolute Gasteiger partial charge is 0.417 e. The van der Waals surface area contributed by atoms with Crippen LogP contribution < -0.4 is 5.32 Å². The van der Waals surface area contributed by atoms with Crippen LogP contribution in [0.5, 0.6) is 0 Å². The van der Waals surface area contributed by atoms with Crippen molar-refractivity contribution in [3.63, 3.8) is 0 Å². The number of alkyl halides is 3. The molecule has 0 amide bonds. The summed E-state index contributed by atoms with van der Waals surface area (Å²) in [6.07, 6.45) is -2.35. The van der Waals surface area contributed by atoms with Gasteiger partial charge in [0, 0.05) is 23.9 Å². The average Bonchev–Trinajstić information content (AvgIpc) is 2.73. The number of allylic oxidation sites excluding steroid dienone is 2. The molecular formula is C13H9F3N2O. The van der Waals surface area contributed by atoms with Gasteiger partial charge >= 0.3 is 6.18 Å². The van der Waals surface area contributed by atoms with E-state index in [2.05, 4.69) is 5.32 Å². The molecule has 2 rings (SSSR count). The van der Waals surface area contributed by atoms with Crippen LogP contribution in [-0.4, -0.2) is 5.78 Å². The minimum atomic E-state index is -4.58. The summed E-state index contributed by atoms with van der Waals surface area (Å²) < 4.78 is 38.2. The zero-order chi connectivity index (χ0) is 14.0. The molecule has 1 aromatic carbocycles. The summed E-state index contributed by atoms with van der Waals surface area (Å²) in [5.41, 5.74) is -0.602. The van der Waals surface area contributed by atoms with Crippen LogP contribution >= 0.6 is 0 Å². The quantitative estimate of drug-likeness (QED) is 0.894. The van der Waals surface area contributed by atoms with Crippen molar-refractivity contribution in [1.82, 2.24) is 0 Å². The molecule has 1 aromatic rings. The number of anilines is 1. The second kappa shape index (κ2) is 4.76. The smallest absolute Gasteiger partial charge is 0.359 e. The minimum Gasteiger partial charge on any atom is -0.359 e.